The minimum atomic E-state index is -1.54. The van der Waals surface area contributed by atoms with Gasteiger partial charge < -0.3 is 18.9 Å². The Kier molecular flexibility index (Phi) is 12.7. The molecule has 0 atom stereocenters. The summed E-state index contributed by atoms with van der Waals surface area (Å²) in [4.78, 5) is 0. The van der Waals surface area contributed by atoms with Gasteiger partial charge in [-0.05, 0) is 47.5 Å². The van der Waals surface area contributed by atoms with Crippen molar-refractivity contribution in [3.05, 3.63) is 119 Å². The Morgan fingerprint density at radius 1 is 0.429 bits per heavy atom. The van der Waals surface area contributed by atoms with Crippen molar-refractivity contribution in [1.82, 2.24) is 0 Å². The van der Waals surface area contributed by atoms with E-state index in [0.717, 1.165) is 33.8 Å². The van der Waals surface area contributed by atoms with Gasteiger partial charge in [0.2, 0.25) is 7.59 Å². The van der Waals surface area contributed by atoms with Crippen molar-refractivity contribution < 1.29 is 18.9 Å². The SMILES string of the molecule is COc1ccc(C(c2ccc(OC)cc2)C(Cl)(Cl)Cl)cc1.COc1ccccc1C(c1ccccc1OC)C(Cl)(Cl)Cl. The first-order chi connectivity index (χ1) is 19.9. The van der Waals surface area contributed by atoms with Crippen LogP contribution in [0, 0.1) is 0 Å². The maximum absolute atomic E-state index is 6.25. The number of alkyl halides is 6. The number of hydrogen-bond donors (Lipinski definition) is 0. The van der Waals surface area contributed by atoms with Crippen LogP contribution in [0.3, 0.4) is 0 Å². The molecule has 4 aromatic carbocycles. The molecule has 10 heteroatoms. The van der Waals surface area contributed by atoms with Crippen LogP contribution in [0.1, 0.15) is 34.1 Å². The van der Waals surface area contributed by atoms with E-state index >= 15 is 0 Å². The van der Waals surface area contributed by atoms with E-state index in [4.69, 9.17) is 88.6 Å². The molecule has 0 aliphatic rings. The van der Waals surface area contributed by atoms with Gasteiger partial charge in [0.15, 0.2) is 0 Å². The minimum Gasteiger partial charge on any atom is -0.497 e. The van der Waals surface area contributed by atoms with Crippen LogP contribution in [-0.4, -0.2) is 36.0 Å². The van der Waals surface area contributed by atoms with Crippen molar-refractivity contribution in [1.29, 1.82) is 0 Å². The zero-order chi connectivity index (χ0) is 30.9. The van der Waals surface area contributed by atoms with Gasteiger partial charge in [-0.1, -0.05) is 130 Å². The van der Waals surface area contributed by atoms with Crippen molar-refractivity contribution in [2.24, 2.45) is 0 Å². The maximum Gasteiger partial charge on any atom is 0.201 e. The van der Waals surface area contributed by atoms with E-state index in [-0.39, 0.29) is 5.92 Å². The molecule has 0 N–H and O–H groups in total. The average Bonchev–Trinajstić information content (AvgIpc) is 2.97. The molecule has 0 unspecified atom stereocenters. The molecule has 0 amide bonds. The maximum atomic E-state index is 6.25. The molecule has 0 fully saturated rings. The second-order valence-corrected chi connectivity index (χ2v) is 13.7. The predicted octanol–water partition coefficient (Wildman–Crippen LogP) is 10.4. The molecule has 4 aromatic rings. The van der Waals surface area contributed by atoms with Gasteiger partial charge in [0, 0.05) is 11.1 Å². The Bertz CT molecular complexity index is 1310. The first kappa shape index (κ1) is 34.3. The van der Waals surface area contributed by atoms with E-state index in [1.807, 2.05) is 97.1 Å². The lowest BCUT2D eigenvalue weighted by molar-refractivity contribution is 0.400. The molecule has 0 bridgehead atoms. The molecule has 0 aromatic heterocycles. The molecule has 0 spiro atoms. The molecule has 224 valence electrons. The van der Waals surface area contributed by atoms with Crippen molar-refractivity contribution in [3.63, 3.8) is 0 Å². The Labute approximate surface area is 277 Å². The second-order valence-electron chi connectivity index (χ2n) is 8.98. The number of ether oxygens (including phenoxy) is 4. The van der Waals surface area contributed by atoms with Crippen LogP contribution < -0.4 is 18.9 Å². The van der Waals surface area contributed by atoms with E-state index in [9.17, 15) is 0 Å². The van der Waals surface area contributed by atoms with E-state index < -0.39 is 13.5 Å². The number of halogens is 6. The van der Waals surface area contributed by atoms with Gasteiger partial charge in [0.25, 0.3) is 0 Å². The lowest BCUT2D eigenvalue weighted by atomic mass is 9.91. The Hall–Kier alpha value is -2.18. The topological polar surface area (TPSA) is 36.9 Å². The highest BCUT2D eigenvalue weighted by Crippen LogP contribution is 2.50. The summed E-state index contributed by atoms with van der Waals surface area (Å²) >= 11 is 37.3. The van der Waals surface area contributed by atoms with Crippen LogP contribution in [0.15, 0.2) is 97.1 Å². The fraction of sp³-hybridized carbons (Fsp3) is 0.250. The van der Waals surface area contributed by atoms with Gasteiger partial charge in [0.05, 0.1) is 40.3 Å². The monoisotopic (exact) mass is 688 g/mol. The number of benzene rings is 4. The summed E-state index contributed by atoms with van der Waals surface area (Å²) in [6, 6.07) is 30.0. The quantitative estimate of drug-likeness (QED) is 0.173. The summed E-state index contributed by atoms with van der Waals surface area (Å²) < 4.78 is 18.1. The average molecular weight is 691 g/mol. The molecule has 0 aliphatic heterocycles. The van der Waals surface area contributed by atoms with E-state index in [1.165, 1.54) is 0 Å². The van der Waals surface area contributed by atoms with Crippen LogP contribution in [0.25, 0.3) is 0 Å². The highest BCUT2D eigenvalue weighted by atomic mass is 35.6. The zero-order valence-electron chi connectivity index (χ0n) is 23.3. The van der Waals surface area contributed by atoms with Gasteiger partial charge >= 0.3 is 0 Å². The van der Waals surface area contributed by atoms with E-state index in [2.05, 4.69) is 0 Å². The number of rotatable bonds is 8. The Morgan fingerprint density at radius 2 is 0.762 bits per heavy atom. The molecule has 0 saturated heterocycles. The van der Waals surface area contributed by atoms with Crippen LogP contribution >= 0.6 is 69.6 Å². The van der Waals surface area contributed by atoms with Crippen LogP contribution in [0.2, 0.25) is 0 Å². The minimum absolute atomic E-state index is 0.376. The summed E-state index contributed by atoms with van der Waals surface area (Å²) in [6.07, 6.45) is 0. The molecular weight excluding hydrogens is 661 g/mol. The number of para-hydroxylation sites is 2. The Morgan fingerprint density at radius 3 is 1.05 bits per heavy atom. The van der Waals surface area contributed by atoms with Gasteiger partial charge in [-0.25, -0.2) is 0 Å². The third kappa shape index (κ3) is 8.92. The van der Waals surface area contributed by atoms with Crippen LogP contribution in [-0.2, 0) is 0 Å². The number of methoxy groups -OCH3 is 4. The van der Waals surface area contributed by atoms with Gasteiger partial charge in [0.1, 0.15) is 23.0 Å². The van der Waals surface area contributed by atoms with Crippen molar-refractivity contribution in [2.75, 3.05) is 28.4 Å². The molecule has 4 nitrogen and oxygen atoms in total. The highest BCUT2D eigenvalue weighted by molar-refractivity contribution is 6.68. The highest BCUT2D eigenvalue weighted by Gasteiger charge is 2.38. The number of hydrogen-bond acceptors (Lipinski definition) is 4. The van der Waals surface area contributed by atoms with Crippen molar-refractivity contribution in [2.45, 2.75) is 19.4 Å². The lowest BCUT2D eigenvalue weighted by Gasteiger charge is -2.28. The third-order valence-corrected chi connectivity index (χ3v) is 7.76. The first-order valence-corrected chi connectivity index (χ1v) is 14.9. The molecule has 0 aliphatic carbocycles. The standard InChI is InChI=1S/2C16H15Cl3O2/c1-20-13-7-3-11(4-8-13)15(16(17,18)19)12-5-9-14(21-2)10-6-12;1-20-13-9-5-3-7-11(13)15(16(17,18)19)12-8-4-6-10-14(12)21-2/h2*3-10,15H,1-2H3. The molecule has 0 heterocycles. The van der Waals surface area contributed by atoms with Crippen molar-refractivity contribution >= 4 is 69.6 Å². The largest absolute Gasteiger partial charge is 0.497 e. The van der Waals surface area contributed by atoms with Gasteiger partial charge in [-0.3, -0.25) is 0 Å². The Balaban J connectivity index is 0.000000230. The molecule has 4 rings (SSSR count). The smallest absolute Gasteiger partial charge is 0.201 e. The summed E-state index contributed by atoms with van der Waals surface area (Å²) in [5.74, 6) is 1.97. The van der Waals surface area contributed by atoms with E-state index in [1.54, 1.807) is 28.4 Å². The first-order valence-electron chi connectivity index (χ1n) is 12.6. The van der Waals surface area contributed by atoms with Crippen LogP contribution in [0.5, 0.6) is 23.0 Å². The normalized spacial score (nSPS) is 11.5. The second kappa shape index (κ2) is 15.5. The summed E-state index contributed by atoms with van der Waals surface area (Å²) in [5.41, 5.74) is 3.40. The van der Waals surface area contributed by atoms with Crippen molar-refractivity contribution in [3.8, 4) is 23.0 Å². The van der Waals surface area contributed by atoms with Gasteiger partial charge in [-0.15, -0.1) is 0 Å². The summed E-state index contributed by atoms with van der Waals surface area (Å²) in [6.45, 7) is 0. The molecular formula is C32H30Cl6O4. The van der Waals surface area contributed by atoms with E-state index in [0.29, 0.717) is 11.5 Å². The molecule has 42 heavy (non-hydrogen) atoms. The van der Waals surface area contributed by atoms with Gasteiger partial charge in [-0.2, -0.15) is 0 Å². The fourth-order valence-corrected chi connectivity index (χ4v) is 5.95. The summed E-state index contributed by atoms with van der Waals surface area (Å²) in [5, 5.41) is 0. The predicted molar refractivity (Wildman–Crippen MR) is 176 cm³/mol. The zero-order valence-corrected chi connectivity index (χ0v) is 27.8. The van der Waals surface area contributed by atoms with Crippen LogP contribution in [0.4, 0.5) is 0 Å². The molecule has 0 radical (unpaired) electrons. The molecule has 0 saturated carbocycles. The summed E-state index contributed by atoms with van der Waals surface area (Å²) in [7, 11) is 6.42. The fourth-order valence-electron chi connectivity index (χ4n) is 4.49. The third-order valence-electron chi connectivity index (χ3n) is 6.45. The lowest BCUT2D eigenvalue weighted by Crippen LogP contribution is -2.20.